The number of methoxy groups -OCH3 is 1. The smallest absolute Gasteiger partial charge is 0.337 e. The number of carbonyl (C=O) groups excluding carboxylic acids is 2. The first-order valence-corrected chi connectivity index (χ1v) is 14.0. The van der Waals surface area contributed by atoms with Crippen LogP contribution in [0.4, 0.5) is 0 Å². The second kappa shape index (κ2) is 17.9. The van der Waals surface area contributed by atoms with Crippen molar-refractivity contribution in [1.29, 1.82) is 0 Å². The van der Waals surface area contributed by atoms with E-state index in [4.69, 9.17) is 23.7 Å². The molecule has 0 aromatic heterocycles. The third-order valence-corrected chi connectivity index (χ3v) is 6.34. The van der Waals surface area contributed by atoms with Crippen molar-refractivity contribution in [3.63, 3.8) is 0 Å². The van der Waals surface area contributed by atoms with Crippen molar-refractivity contribution in [1.82, 2.24) is 5.32 Å². The highest BCUT2D eigenvalue weighted by molar-refractivity contribution is 7.94. The Morgan fingerprint density at radius 1 is 0.744 bits per heavy atom. The van der Waals surface area contributed by atoms with Crippen molar-refractivity contribution in [2.45, 2.75) is 0 Å². The van der Waals surface area contributed by atoms with Crippen LogP contribution in [-0.4, -0.2) is 92.6 Å². The summed E-state index contributed by atoms with van der Waals surface area (Å²) in [6.07, 6.45) is 0. The van der Waals surface area contributed by atoms with Crippen LogP contribution in [0.2, 0.25) is 0 Å². The largest absolute Gasteiger partial charge is 0.491 e. The van der Waals surface area contributed by atoms with Crippen LogP contribution >= 0.6 is 0 Å². The van der Waals surface area contributed by atoms with Crippen LogP contribution in [-0.2, 0) is 28.8 Å². The van der Waals surface area contributed by atoms with Gasteiger partial charge in [-0.25, -0.2) is 13.2 Å². The molecule has 0 saturated heterocycles. The second-order valence-corrected chi connectivity index (χ2v) is 9.93. The molecule has 0 atom stereocenters. The SMILES string of the molecule is C=CS(=O)(=O)CCNC(=O)c1ccc(OCCOCCOCCOCCOc2ccc(C(=O)OC)cc2)cc1. The van der Waals surface area contributed by atoms with Crippen LogP contribution in [0.25, 0.3) is 0 Å². The Labute approximate surface area is 228 Å². The van der Waals surface area contributed by atoms with E-state index in [1.54, 1.807) is 48.5 Å². The molecule has 2 aromatic rings. The summed E-state index contributed by atoms with van der Waals surface area (Å²) in [6.45, 7) is 6.41. The number of hydrogen-bond donors (Lipinski definition) is 1. The molecule has 0 spiro atoms. The summed E-state index contributed by atoms with van der Waals surface area (Å²) in [5.41, 5.74) is 0.859. The van der Waals surface area contributed by atoms with Gasteiger partial charge < -0.3 is 33.7 Å². The minimum Gasteiger partial charge on any atom is -0.491 e. The van der Waals surface area contributed by atoms with Crippen LogP contribution in [0.3, 0.4) is 0 Å². The molecule has 0 aliphatic rings. The molecule has 0 heterocycles. The first-order chi connectivity index (χ1) is 18.8. The summed E-state index contributed by atoms with van der Waals surface area (Å²) >= 11 is 0. The lowest BCUT2D eigenvalue weighted by molar-refractivity contribution is 0.00499. The highest BCUT2D eigenvalue weighted by Crippen LogP contribution is 2.13. The Hall–Kier alpha value is -3.45. The first-order valence-electron chi connectivity index (χ1n) is 12.3. The van der Waals surface area contributed by atoms with Crippen LogP contribution in [0, 0.1) is 0 Å². The average molecular weight is 566 g/mol. The summed E-state index contributed by atoms with van der Waals surface area (Å²) in [7, 11) is -2.02. The molecule has 2 rings (SSSR count). The molecule has 0 saturated carbocycles. The molecular formula is C27H35NO10S. The number of benzene rings is 2. The number of amides is 1. The summed E-state index contributed by atoms with van der Waals surface area (Å²) < 4.78 is 54.9. The van der Waals surface area contributed by atoms with Crippen LogP contribution in [0.15, 0.2) is 60.5 Å². The lowest BCUT2D eigenvalue weighted by Crippen LogP contribution is -2.28. The first kappa shape index (κ1) is 31.8. The molecule has 0 fully saturated rings. The zero-order chi connectivity index (χ0) is 28.3. The zero-order valence-electron chi connectivity index (χ0n) is 22.0. The molecule has 12 heteroatoms. The van der Waals surface area contributed by atoms with Crippen molar-refractivity contribution in [2.24, 2.45) is 0 Å². The second-order valence-electron chi connectivity index (χ2n) is 7.86. The Morgan fingerprint density at radius 3 is 1.62 bits per heavy atom. The van der Waals surface area contributed by atoms with Crippen molar-refractivity contribution in [3.8, 4) is 11.5 Å². The molecule has 0 radical (unpaired) electrons. The monoisotopic (exact) mass is 565 g/mol. The summed E-state index contributed by atoms with van der Waals surface area (Å²) in [6, 6.07) is 13.2. The van der Waals surface area contributed by atoms with Gasteiger partial charge in [0, 0.05) is 17.5 Å². The van der Waals surface area contributed by atoms with E-state index in [1.807, 2.05) is 0 Å². The van der Waals surface area contributed by atoms with E-state index in [0.717, 1.165) is 5.41 Å². The highest BCUT2D eigenvalue weighted by Gasteiger charge is 2.09. The number of sulfone groups is 1. The fourth-order valence-electron chi connectivity index (χ4n) is 2.98. The van der Waals surface area contributed by atoms with Crippen molar-refractivity contribution < 1.29 is 46.4 Å². The van der Waals surface area contributed by atoms with Gasteiger partial charge in [0.1, 0.15) is 24.7 Å². The third kappa shape index (κ3) is 13.3. The molecule has 1 amide bonds. The van der Waals surface area contributed by atoms with Gasteiger partial charge in [0.2, 0.25) is 0 Å². The molecule has 39 heavy (non-hydrogen) atoms. The van der Waals surface area contributed by atoms with Crippen molar-refractivity contribution >= 4 is 21.7 Å². The summed E-state index contributed by atoms with van der Waals surface area (Å²) in [4.78, 5) is 23.5. The Balaban J connectivity index is 1.42. The minimum absolute atomic E-state index is 0.00563. The maximum absolute atomic E-state index is 12.1. The van der Waals surface area contributed by atoms with E-state index in [1.165, 1.54) is 7.11 Å². The van der Waals surface area contributed by atoms with E-state index in [2.05, 4.69) is 16.6 Å². The summed E-state index contributed by atoms with van der Waals surface area (Å²) in [5, 5.41) is 3.42. The molecule has 1 N–H and O–H groups in total. The average Bonchev–Trinajstić information content (AvgIpc) is 2.95. The Morgan fingerprint density at radius 2 is 1.18 bits per heavy atom. The standard InChI is InChI=1S/C27H35NO10S/c1-3-39(31,32)21-12-28-26(29)22-4-8-24(9-5-22)37-19-17-35-15-13-34-14-16-36-18-20-38-25-10-6-23(7-11-25)27(30)33-2/h3-11H,1,12-21H2,2H3,(H,28,29). The Kier molecular flexibility index (Phi) is 14.6. The van der Waals surface area contributed by atoms with Crippen LogP contribution < -0.4 is 14.8 Å². The Bertz CT molecular complexity index is 1120. The highest BCUT2D eigenvalue weighted by atomic mass is 32.2. The molecule has 0 aliphatic heterocycles. The number of ether oxygens (including phenoxy) is 6. The maximum atomic E-state index is 12.1. The van der Waals surface area contributed by atoms with E-state index in [-0.39, 0.29) is 18.2 Å². The fraction of sp³-hybridized carbons (Fsp3) is 0.407. The number of hydrogen-bond acceptors (Lipinski definition) is 10. The molecule has 214 valence electrons. The van der Waals surface area contributed by atoms with Gasteiger partial charge in [0.05, 0.1) is 58.1 Å². The van der Waals surface area contributed by atoms with Crippen molar-refractivity contribution in [3.05, 3.63) is 71.6 Å². The molecular weight excluding hydrogens is 530 g/mol. The normalized spacial score (nSPS) is 11.0. The molecule has 11 nitrogen and oxygen atoms in total. The van der Waals surface area contributed by atoms with Gasteiger partial charge in [-0.15, -0.1) is 0 Å². The van der Waals surface area contributed by atoms with Gasteiger partial charge in [-0.05, 0) is 48.5 Å². The zero-order valence-corrected chi connectivity index (χ0v) is 22.8. The predicted molar refractivity (Wildman–Crippen MR) is 144 cm³/mol. The molecule has 0 bridgehead atoms. The van der Waals surface area contributed by atoms with Gasteiger partial charge in [0.25, 0.3) is 5.91 Å². The van der Waals surface area contributed by atoms with Gasteiger partial charge in [-0.1, -0.05) is 6.58 Å². The van der Waals surface area contributed by atoms with Gasteiger partial charge in [0.15, 0.2) is 9.84 Å². The van der Waals surface area contributed by atoms with Gasteiger partial charge in [-0.2, -0.15) is 0 Å². The molecule has 2 aromatic carbocycles. The van der Waals surface area contributed by atoms with Crippen LogP contribution in [0.1, 0.15) is 20.7 Å². The number of esters is 1. The number of rotatable bonds is 20. The van der Waals surface area contributed by atoms with Gasteiger partial charge in [-0.3, -0.25) is 4.79 Å². The predicted octanol–water partition coefficient (Wildman–Crippen LogP) is 2.27. The van der Waals surface area contributed by atoms with Gasteiger partial charge >= 0.3 is 5.97 Å². The topological polar surface area (TPSA) is 136 Å². The summed E-state index contributed by atoms with van der Waals surface area (Å²) in [5.74, 6) is 0.261. The molecule has 0 aliphatic carbocycles. The fourth-order valence-corrected chi connectivity index (χ4v) is 3.53. The van der Waals surface area contributed by atoms with E-state index in [9.17, 15) is 18.0 Å². The molecule has 0 unspecified atom stereocenters. The quantitative estimate of drug-likeness (QED) is 0.188. The number of carbonyl (C=O) groups is 2. The van der Waals surface area contributed by atoms with E-state index < -0.39 is 15.8 Å². The van der Waals surface area contributed by atoms with Crippen molar-refractivity contribution in [2.75, 3.05) is 72.3 Å². The lowest BCUT2D eigenvalue weighted by atomic mass is 10.2. The van der Waals surface area contributed by atoms with Crippen LogP contribution in [0.5, 0.6) is 11.5 Å². The lowest BCUT2D eigenvalue weighted by Gasteiger charge is -2.09. The minimum atomic E-state index is -3.35. The van der Waals surface area contributed by atoms with E-state index in [0.29, 0.717) is 75.5 Å². The third-order valence-electron chi connectivity index (χ3n) is 5.05. The maximum Gasteiger partial charge on any atom is 0.337 e. The van der Waals surface area contributed by atoms with E-state index >= 15 is 0 Å². The number of nitrogens with one attached hydrogen (secondary N) is 1.